The van der Waals surface area contributed by atoms with E-state index in [2.05, 4.69) is 72.6 Å². The summed E-state index contributed by atoms with van der Waals surface area (Å²) in [7, 11) is 0. The van der Waals surface area contributed by atoms with E-state index >= 15 is 0 Å². The number of esters is 1. The van der Waals surface area contributed by atoms with Gasteiger partial charge >= 0.3 is 5.97 Å². The van der Waals surface area contributed by atoms with Gasteiger partial charge in [-0.3, -0.25) is 9.69 Å². The summed E-state index contributed by atoms with van der Waals surface area (Å²) in [5.74, 6) is 1.20. The van der Waals surface area contributed by atoms with Crippen molar-refractivity contribution in [3.8, 4) is 5.75 Å². The van der Waals surface area contributed by atoms with Crippen molar-refractivity contribution in [1.29, 1.82) is 0 Å². The van der Waals surface area contributed by atoms with Crippen LogP contribution in [0.5, 0.6) is 5.75 Å². The van der Waals surface area contributed by atoms with Crippen molar-refractivity contribution >= 4 is 12.0 Å². The van der Waals surface area contributed by atoms with Gasteiger partial charge in [0.15, 0.2) is 0 Å². The zero-order chi connectivity index (χ0) is 21.6. The first kappa shape index (κ1) is 21.8. The number of fused-ring (bicyclic) bond motifs is 1. The molecule has 164 valence electrons. The van der Waals surface area contributed by atoms with Gasteiger partial charge in [0, 0.05) is 24.2 Å². The Morgan fingerprint density at radius 2 is 1.90 bits per heavy atom. The first-order chi connectivity index (χ1) is 15.1. The predicted molar refractivity (Wildman–Crippen MR) is 126 cm³/mol. The molecule has 0 spiro atoms. The van der Waals surface area contributed by atoms with Crippen LogP contribution in [0.25, 0.3) is 6.08 Å². The summed E-state index contributed by atoms with van der Waals surface area (Å²) >= 11 is 0. The van der Waals surface area contributed by atoms with Crippen LogP contribution < -0.4 is 10.1 Å². The highest BCUT2D eigenvalue weighted by Crippen LogP contribution is 2.34. The van der Waals surface area contributed by atoms with Gasteiger partial charge in [-0.05, 0) is 55.5 Å². The number of nitrogens with one attached hydrogen (secondary N) is 1. The van der Waals surface area contributed by atoms with E-state index in [0.717, 1.165) is 50.2 Å². The highest BCUT2D eigenvalue weighted by molar-refractivity contribution is 5.76. The van der Waals surface area contributed by atoms with E-state index in [1.54, 1.807) is 0 Å². The minimum atomic E-state index is -0.134. The molecule has 0 radical (unpaired) electrons. The molecule has 0 amide bonds. The highest BCUT2D eigenvalue weighted by Gasteiger charge is 2.30. The summed E-state index contributed by atoms with van der Waals surface area (Å²) in [6.45, 7) is 7.61. The van der Waals surface area contributed by atoms with Gasteiger partial charge in [0.05, 0.1) is 6.42 Å². The minimum absolute atomic E-state index is 0.0536. The number of hydrogen-bond donors (Lipinski definition) is 1. The summed E-state index contributed by atoms with van der Waals surface area (Å²) in [6.07, 6.45) is 8.12. The second-order valence-electron chi connectivity index (χ2n) is 9.26. The van der Waals surface area contributed by atoms with Crippen molar-refractivity contribution in [3.63, 3.8) is 0 Å². The van der Waals surface area contributed by atoms with E-state index in [0.29, 0.717) is 18.4 Å². The van der Waals surface area contributed by atoms with Crippen LogP contribution in [0.15, 0.2) is 54.6 Å². The molecule has 2 aromatic rings. The van der Waals surface area contributed by atoms with Crippen LogP contribution in [0.4, 0.5) is 0 Å². The van der Waals surface area contributed by atoms with Crippen LogP contribution in [0.2, 0.25) is 0 Å². The molecule has 2 aliphatic rings. The second kappa shape index (κ2) is 10.3. The maximum Gasteiger partial charge on any atom is 0.313 e. The Morgan fingerprint density at radius 1 is 1.13 bits per heavy atom. The van der Waals surface area contributed by atoms with Crippen molar-refractivity contribution in [3.05, 3.63) is 71.3 Å². The lowest BCUT2D eigenvalue weighted by Gasteiger charge is -2.35. The predicted octanol–water partition coefficient (Wildman–Crippen LogP) is 5.00. The Morgan fingerprint density at radius 3 is 2.65 bits per heavy atom. The normalized spacial score (nSPS) is 20.2. The molecule has 4 nitrogen and oxygen atoms in total. The average molecular weight is 419 g/mol. The second-order valence-corrected chi connectivity index (χ2v) is 9.26. The number of likely N-dealkylation sites (tertiary alicyclic amines) is 1. The first-order valence-electron chi connectivity index (χ1n) is 11.6. The lowest BCUT2D eigenvalue weighted by molar-refractivity contribution is -0.136. The molecular weight excluding hydrogens is 384 g/mol. The Kier molecular flexibility index (Phi) is 7.21. The van der Waals surface area contributed by atoms with E-state index in [1.807, 2.05) is 12.1 Å². The first-order valence-corrected chi connectivity index (χ1v) is 11.6. The molecule has 1 atom stereocenters. The lowest BCUT2D eigenvalue weighted by atomic mass is 9.93. The molecule has 4 rings (SSSR count). The van der Waals surface area contributed by atoms with Gasteiger partial charge in [-0.2, -0.15) is 0 Å². The van der Waals surface area contributed by atoms with Crippen LogP contribution in [0.1, 0.15) is 55.8 Å². The van der Waals surface area contributed by atoms with Gasteiger partial charge in [-0.1, -0.05) is 68.5 Å². The molecule has 4 heteroatoms. The van der Waals surface area contributed by atoms with Gasteiger partial charge < -0.3 is 10.1 Å². The Bertz CT molecular complexity index is 899. The lowest BCUT2D eigenvalue weighted by Crippen LogP contribution is -2.45. The van der Waals surface area contributed by atoms with Gasteiger partial charge in [-0.15, -0.1) is 0 Å². The van der Waals surface area contributed by atoms with Gasteiger partial charge in [0.2, 0.25) is 0 Å². The molecular formula is C27H34N2O2. The standard InChI is InChI=1S/C27H34N2O2/c1-20(2)17-22-10-11-26-24(18-22)25(19-27(30)31-26)28-23-12-15-29(16-13-23)14-6-9-21-7-4-3-5-8-21/h3-11,18,20,23,25,28H,12-17,19H2,1-2H3/b9-6+. The summed E-state index contributed by atoms with van der Waals surface area (Å²) < 4.78 is 5.51. The quantitative estimate of drug-likeness (QED) is 0.507. The molecule has 0 aliphatic carbocycles. The number of carbonyl (C=O) groups is 1. The van der Waals surface area contributed by atoms with E-state index < -0.39 is 0 Å². The maximum absolute atomic E-state index is 12.1. The molecule has 0 aromatic heterocycles. The van der Waals surface area contributed by atoms with Crippen LogP contribution in [0.3, 0.4) is 0 Å². The third-order valence-corrected chi connectivity index (χ3v) is 6.19. The fraction of sp³-hybridized carbons (Fsp3) is 0.444. The Labute approximate surface area is 186 Å². The van der Waals surface area contributed by atoms with Crippen molar-refractivity contribution in [2.45, 2.75) is 51.6 Å². The number of ether oxygens (including phenoxy) is 1. The largest absolute Gasteiger partial charge is 0.426 e. The molecule has 31 heavy (non-hydrogen) atoms. The fourth-order valence-electron chi connectivity index (χ4n) is 4.62. The highest BCUT2D eigenvalue weighted by atomic mass is 16.5. The minimum Gasteiger partial charge on any atom is -0.426 e. The van der Waals surface area contributed by atoms with E-state index in [4.69, 9.17) is 4.74 Å². The van der Waals surface area contributed by atoms with Gasteiger partial charge in [0.1, 0.15) is 5.75 Å². The topological polar surface area (TPSA) is 41.6 Å². The zero-order valence-electron chi connectivity index (χ0n) is 18.7. The van der Waals surface area contributed by atoms with Crippen molar-refractivity contribution < 1.29 is 9.53 Å². The van der Waals surface area contributed by atoms with E-state index in [1.165, 1.54) is 11.1 Å². The maximum atomic E-state index is 12.1. The monoisotopic (exact) mass is 418 g/mol. The number of benzene rings is 2. The third-order valence-electron chi connectivity index (χ3n) is 6.19. The van der Waals surface area contributed by atoms with E-state index in [-0.39, 0.29) is 12.0 Å². The molecule has 1 N–H and O–H groups in total. The summed E-state index contributed by atoms with van der Waals surface area (Å²) in [5, 5.41) is 3.78. The van der Waals surface area contributed by atoms with Crippen LogP contribution in [0, 0.1) is 5.92 Å². The molecule has 1 fully saturated rings. The van der Waals surface area contributed by atoms with Crippen LogP contribution in [-0.4, -0.2) is 36.5 Å². The van der Waals surface area contributed by atoms with Crippen LogP contribution >= 0.6 is 0 Å². The number of piperidine rings is 1. The molecule has 0 saturated carbocycles. The van der Waals surface area contributed by atoms with Gasteiger partial charge in [-0.25, -0.2) is 0 Å². The van der Waals surface area contributed by atoms with Crippen molar-refractivity contribution in [2.24, 2.45) is 5.92 Å². The van der Waals surface area contributed by atoms with Gasteiger partial charge in [0.25, 0.3) is 0 Å². The number of carbonyl (C=O) groups excluding carboxylic acids is 1. The number of rotatable bonds is 7. The SMILES string of the molecule is CC(C)Cc1ccc2c(c1)C(NC1CCN(C/C=C/c3ccccc3)CC1)CC(=O)O2. The Hall–Kier alpha value is -2.43. The number of hydrogen-bond acceptors (Lipinski definition) is 4. The number of nitrogens with zero attached hydrogens (tertiary/aromatic N) is 1. The molecule has 1 unspecified atom stereocenters. The third kappa shape index (κ3) is 6.05. The zero-order valence-corrected chi connectivity index (χ0v) is 18.7. The Balaban J connectivity index is 1.32. The fourth-order valence-corrected chi connectivity index (χ4v) is 4.62. The molecule has 2 heterocycles. The molecule has 2 aliphatic heterocycles. The molecule has 1 saturated heterocycles. The van der Waals surface area contributed by atoms with Crippen LogP contribution in [-0.2, 0) is 11.2 Å². The average Bonchev–Trinajstić information content (AvgIpc) is 2.76. The molecule has 2 aromatic carbocycles. The molecule has 0 bridgehead atoms. The van der Waals surface area contributed by atoms with Crippen molar-refractivity contribution in [1.82, 2.24) is 10.2 Å². The summed E-state index contributed by atoms with van der Waals surface area (Å²) in [6, 6.07) is 17.2. The summed E-state index contributed by atoms with van der Waals surface area (Å²) in [5.41, 5.74) is 3.71. The summed E-state index contributed by atoms with van der Waals surface area (Å²) in [4.78, 5) is 14.7. The van der Waals surface area contributed by atoms with E-state index in [9.17, 15) is 4.79 Å². The smallest absolute Gasteiger partial charge is 0.313 e. The van der Waals surface area contributed by atoms with Crippen molar-refractivity contribution in [2.75, 3.05) is 19.6 Å².